The predicted molar refractivity (Wildman–Crippen MR) is 358 cm³/mol. The van der Waals surface area contributed by atoms with Crippen molar-refractivity contribution in [2.75, 3.05) is 13.2 Å². The minimum absolute atomic E-state index is 0.0766. The number of hydrogen-bond acceptors (Lipinski definition) is 6. The SMILES string of the molecule is CCC/C=C\CCCCCCCC(=O)OCC(COC(=O)CCCCCCCCCCCCCCCCCCC/C=C\C/C=C\CCCCCCC)OC(=O)CCCCCCCCCCCC/C=C\C/C=C\C/C=C\CCCCCCC. The fourth-order valence-corrected chi connectivity index (χ4v) is 10.5. The number of ether oxygens (including phenoxy) is 3. The van der Waals surface area contributed by atoms with E-state index in [0.717, 1.165) is 89.9 Å². The molecule has 0 fully saturated rings. The van der Waals surface area contributed by atoms with Gasteiger partial charge in [-0.2, -0.15) is 0 Å². The van der Waals surface area contributed by atoms with Crippen LogP contribution in [0.15, 0.2) is 72.9 Å². The summed E-state index contributed by atoms with van der Waals surface area (Å²) in [4.78, 5) is 38.3. The Labute approximate surface area is 510 Å². The van der Waals surface area contributed by atoms with Gasteiger partial charge in [-0.05, 0) is 109 Å². The number of rotatable bonds is 66. The third-order valence-electron chi connectivity index (χ3n) is 15.9. The first-order valence-corrected chi connectivity index (χ1v) is 35.9. The lowest BCUT2D eigenvalue weighted by molar-refractivity contribution is -0.167. The average Bonchev–Trinajstić information content (AvgIpc) is 3.48. The van der Waals surface area contributed by atoms with Gasteiger partial charge in [0.2, 0.25) is 0 Å². The van der Waals surface area contributed by atoms with Crippen LogP contribution in [0.3, 0.4) is 0 Å². The Morgan fingerprint density at radius 3 is 0.744 bits per heavy atom. The summed E-state index contributed by atoms with van der Waals surface area (Å²) in [6.45, 7) is 6.59. The van der Waals surface area contributed by atoms with Gasteiger partial charge in [-0.1, -0.05) is 318 Å². The normalized spacial score (nSPS) is 12.5. The maximum Gasteiger partial charge on any atom is 0.306 e. The smallest absolute Gasteiger partial charge is 0.306 e. The van der Waals surface area contributed by atoms with Gasteiger partial charge in [-0.25, -0.2) is 0 Å². The first-order chi connectivity index (χ1) is 40.5. The summed E-state index contributed by atoms with van der Waals surface area (Å²) in [5.41, 5.74) is 0. The van der Waals surface area contributed by atoms with Gasteiger partial charge in [0.05, 0.1) is 0 Å². The van der Waals surface area contributed by atoms with Gasteiger partial charge in [-0.3, -0.25) is 14.4 Å². The molecular formula is C76H136O6. The molecule has 0 spiro atoms. The Hall–Kier alpha value is -3.15. The number of carbonyl (C=O) groups excluding carboxylic acids is 3. The highest BCUT2D eigenvalue weighted by Crippen LogP contribution is 2.18. The number of carbonyl (C=O) groups is 3. The zero-order chi connectivity index (χ0) is 59.2. The van der Waals surface area contributed by atoms with Gasteiger partial charge in [0.1, 0.15) is 13.2 Å². The van der Waals surface area contributed by atoms with Crippen molar-refractivity contribution < 1.29 is 28.6 Å². The molecule has 6 heteroatoms. The van der Waals surface area contributed by atoms with Gasteiger partial charge >= 0.3 is 17.9 Å². The Kier molecular flexibility index (Phi) is 67.6. The fraction of sp³-hybridized carbons (Fsp3) is 0.803. The van der Waals surface area contributed by atoms with Gasteiger partial charge < -0.3 is 14.2 Å². The molecular weight excluding hydrogens is 1010 g/mol. The lowest BCUT2D eigenvalue weighted by atomic mass is 10.0. The Balaban J connectivity index is 4.16. The molecule has 1 unspecified atom stereocenters. The molecule has 0 saturated carbocycles. The standard InChI is InChI=1S/C76H136O6/c1-4-7-10-13-16-19-22-24-26-28-30-32-34-36-37-38-39-41-42-44-46-48-50-52-54-57-60-63-66-69-75(78)81-72-73(71-80-74(77)68-65-62-59-56-21-18-15-12-9-6-3)82-76(79)70-67-64-61-58-55-53-51-49-47-45-43-40-35-33-31-29-27-25-23-20-17-14-11-8-5-2/h12,15,22-25,28-31,35,40,73H,4-11,13-14,16-21,26-27,32-34,36-39,41-72H2,1-3H3/b15-12-,24-22-,25-23-,30-28-,31-29-,40-35-. The van der Waals surface area contributed by atoms with E-state index in [2.05, 4.69) is 93.7 Å². The zero-order valence-electron chi connectivity index (χ0n) is 54.8. The Bertz CT molecular complexity index is 1500. The molecule has 0 N–H and O–H groups in total. The van der Waals surface area contributed by atoms with Crippen molar-refractivity contribution in [3.63, 3.8) is 0 Å². The summed E-state index contributed by atoms with van der Waals surface area (Å²) < 4.78 is 16.9. The van der Waals surface area contributed by atoms with Crippen LogP contribution in [0.4, 0.5) is 0 Å². The van der Waals surface area contributed by atoms with Crippen molar-refractivity contribution in [1.29, 1.82) is 0 Å². The van der Waals surface area contributed by atoms with E-state index in [9.17, 15) is 14.4 Å². The second-order valence-corrected chi connectivity index (χ2v) is 24.1. The van der Waals surface area contributed by atoms with Crippen LogP contribution < -0.4 is 0 Å². The van der Waals surface area contributed by atoms with E-state index < -0.39 is 6.10 Å². The maximum atomic E-state index is 12.9. The second-order valence-electron chi connectivity index (χ2n) is 24.1. The molecule has 0 amide bonds. The van der Waals surface area contributed by atoms with Gasteiger partial charge in [0.15, 0.2) is 6.10 Å². The molecule has 0 aromatic carbocycles. The molecule has 0 radical (unpaired) electrons. The van der Waals surface area contributed by atoms with Crippen molar-refractivity contribution >= 4 is 17.9 Å². The van der Waals surface area contributed by atoms with E-state index in [1.807, 2.05) is 0 Å². The van der Waals surface area contributed by atoms with Crippen molar-refractivity contribution in [1.82, 2.24) is 0 Å². The minimum atomic E-state index is -0.781. The van der Waals surface area contributed by atoms with E-state index in [1.54, 1.807) is 0 Å². The highest BCUT2D eigenvalue weighted by atomic mass is 16.6. The van der Waals surface area contributed by atoms with Crippen LogP contribution in [0.25, 0.3) is 0 Å². The molecule has 0 heterocycles. The third kappa shape index (κ3) is 67.6. The molecule has 0 aliphatic carbocycles. The minimum Gasteiger partial charge on any atom is -0.462 e. The van der Waals surface area contributed by atoms with Crippen molar-refractivity contribution in [2.24, 2.45) is 0 Å². The summed E-state index contributed by atoms with van der Waals surface area (Å²) in [5.74, 6) is -0.873. The molecule has 0 aromatic rings. The highest BCUT2D eigenvalue weighted by molar-refractivity contribution is 5.71. The molecule has 1 atom stereocenters. The molecule has 476 valence electrons. The molecule has 0 aliphatic rings. The lowest BCUT2D eigenvalue weighted by Gasteiger charge is -2.18. The molecule has 0 aliphatic heterocycles. The Morgan fingerprint density at radius 1 is 0.244 bits per heavy atom. The van der Waals surface area contributed by atoms with Gasteiger partial charge in [0.25, 0.3) is 0 Å². The second kappa shape index (κ2) is 70.3. The number of unbranched alkanes of at least 4 members (excludes halogenated alkanes) is 43. The van der Waals surface area contributed by atoms with Crippen LogP contribution >= 0.6 is 0 Å². The number of hydrogen-bond donors (Lipinski definition) is 0. The average molecular weight is 1150 g/mol. The lowest BCUT2D eigenvalue weighted by Crippen LogP contribution is -2.30. The first-order valence-electron chi connectivity index (χ1n) is 35.9. The fourth-order valence-electron chi connectivity index (χ4n) is 10.5. The van der Waals surface area contributed by atoms with Crippen LogP contribution in [0.2, 0.25) is 0 Å². The van der Waals surface area contributed by atoms with E-state index in [-0.39, 0.29) is 31.1 Å². The van der Waals surface area contributed by atoms with E-state index >= 15 is 0 Å². The molecule has 0 aromatic heterocycles. The van der Waals surface area contributed by atoms with Crippen LogP contribution in [-0.4, -0.2) is 37.2 Å². The van der Waals surface area contributed by atoms with E-state index in [0.29, 0.717) is 19.3 Å². The molecule has 0 saturated heterocycles. The topological polar surface area (TPSA) is 78.9 Å². The molecule has 6 nitrogen and oxygen atoms in total. The molecule has 82 heavy (non-hydrogen) atoms. The molecule has 0 bridgehead atoms. The monoisotopic (exact) mass is 1150 g/mol. The summed E-state index contributed by atoms with van der Waals surface area (Å²) >= 11 is 0. The summed E-state index contributed by atoms with van der Waals surface area (Å²) in [6, 6.07) is 0. The van der Waals surface area contributed by atoms with Crippen LogP contribution in [0.5, 0.6) is 0 Å². The van der Waals surface area contributed by atoms with Crippen LogP contribution in [0.1, 0.15) is 374 Å². The van der Waals surface area contributed by atoms with Crippen molar-refractivity contribution in [2.45, 2.75) is 380 Å². The Morgan fingerprint density at radius 2 is 0.463 bits per heavy atom. The third-order valence-corrected chi connectivity index (χ3v) is 15.9. The van der Waals surface area contributed by atoms with E-state index in [4.69, 9.17) is 14.2 Å². The summed E-state index contributed by atoms with van der Waals surface area (Å²) in [5, 5.41) is 0. The number of allylic oxidation sites excluding steroid dienone is 12. The molecule has 0 rings (SSSR count). The maximum absolute atomic E-state index is 12.9. The van der Waals surface area contributed by atoms with Crippen LogP contribution in [-0.2, 0) is 28.6 Å². The number of esters is 3. The van der Waals surface area contributed by atoms with Crippen molar-refractivity contribution in [3.8, 4) is 0 Å². The van der Waals surface area contributed by atoms with Crippen molar-refractivity contribution in [3.05, 3.63) is 72.9 Å². The van der Waals surface area contributed by atoms with Gasteiger partial charge in [0, 0.05) is 19.3 Å². The summed E-state index contributed by atoms with van der Waals surface area (Å²) in [7, 11) is 0. The highest BCUT2D eigenvalue weighted by Gasteiger charge is 2.19. The van der Waals surface area contributed by atoms with Gasteiger partial charge in [-0.15, -0.1) is 0 Å². The zero-order valence-corrected chi connectivity index (χ0v) is 54.8. The predicted octanol–water partition coefficient (Wildman–Crippen LogP) is 24.8. The quantitative estimate of drug-likeness (QED) is 0.0261. The van der Waals surface area contributed by atoms with Crippen LogP contribution in [0, 0.1) is 0 Å². The van der Waals surface area contributed by atoms with E-state index in [1.165, 1.54) is 244 Å². The summed E-state index contributed by atoms with van der Waals surface area (Å²) in [6.07, 6.45) is 92.3. The largest absolute Gasteiger partial charge is 0.462 e. The first kappa shape index (κ1) is 78.8.